The van der Waals surface area contributed by atoms with Crippen molar-refractivity contribution in [2.24, 2.45) is 0 Å². The lowest BCUT2D eigenvalue weighted by atomic mass is 10.0. The van der Waals surface area contributed by atoms with Gasteiger partial charge in [0.15, 0.2) is 9.84 Å². The van der Waals surface area contributed by atoms with Gasteiger partial charge in [-0.3, -0.25) is 4.90 Å². The molecule has 0 bridgehead atoms. The molecule has 118 valence electrons. The van der Waals surface area contributed by atoms with E-state index in [0.717, 1.165) is 32.5 Å². The van der Waals surface area contributed by atoms with Gasteiger partial charge in [-0.15, -0.1) is 0 Å². The van der Waals surface area contributed by atoms with Crippen molar-refractivity contribution in [3.05, 3.63) is 11.6 Å². The maximum absolute atomic E-state index is 11.7. The first-order chi connectivity index (χ1) is 9.12. The zero-order chi connectivity index (χ0) is 15.4. The molecule has 1 aliphatic heterocycles. The van der Waals surface area contributed by atoms with Crippen LogP contribution in [0.15, 0.2) is 11.6 Å². The molecule has 0 saturated carbocycles. The molecule has 0 amide bonds. The number of sulfone groups is 1. The lowest BCUT2D eigenvalue weighted by molar-refractivity contribution is 0.213. The third kappa shape index (κ3) is 5.54. The van der Waals surface area contributed by atoms with Crippen LogP contribution in [0.2, 0.25) is 0 Å². The minimum atomic E-state index is -3.01. The van der Waals surface area contributed by atoms with E-state index in [1.807, 2.05) is 0 Å². The average Bonchev–Trinajstić information content (AvgIpc) is 2.34. The molecule has 1 aliphatic rings. The molecule has 1 fully saturated rings. The van der Waals surface area contributed by atoms with Crippen molar-refractivity contribution in [1.29, 1.82) is 0 Å². The summed E-state index contributed by atoms with van der Waals surface area (Å²) in [6.45, 7) is 11.6. The highest BCUT2D eigenvalue weighted by molar-refractivity contribution is 7.92. The first-order valence-corrected chi connectivity index (χ1v) is 9.30. The van der Waals surface area contributed by atoms with Crippen LogP contribution in [-0.4, -0.2) is 56.5 Å². The van der Waals surface area contributed by atoms with E-state index in [4.69, 9.17) is 0 Å². The number of nitrogens with one attached hydrogen (secondary N) is 1. The van der Waals surface area contributed by atoms with Crippen LogP contribution in [0, 0.1) is 0 Å². The van der Waals surface area contributed by atoms with Crippen molar-refractivity contribution in [3.8, 4) is 0 Å². The Hall–Kier alpha value is -0.390. The Balaban J connectivity index is 2.35. The number of hydrogen-bond donors (Lipinski definition) is 1. The third-order valence-corrected chi connectivity index (χ3v) is 6.32. The summed E-state index contributed by atoms with van der Waals surface area (Å²) in [6, 6.07) is 0.443. The number of likely N-dealkylation sites (tertiary alicyclic amines) is 1. The average molecular weight is 302 g/mol. The van der Waals surface area contributed by atoms with Crippen LogP contribution in [0.25, 0.3) is 0 Å². The van der Waals surface area contributed by atoms with Gasteiger partial charge in [0, 0.05) is 25.4 Å². The smallest absolute Gasteiger partial charge is 0.153 e. The second-order valence-electron chi connectivity index (χ2n) is 6.77. The standard InChI is InChI=1S/C15H30N2O2S/c1-13(2)6-9-17-10-7-14(8-11-17)16-12-15(3,4)20(5,18)19/h6,14,16H,7-12H2,1-5H3. The van der Waals surface area contributed by atoms with Crippen LogP contribution < -0.4 is 5.32 Å². The molecule has 0 aromatic heterocycles. The van der Waals surface area contributed by atoms with E-state index < -0.39 is 14.6 Å². The Morgan fingerprint density at radius 3 is 2.30 bits per heavy atom. The summed E-state index contributed by atoms with van der Waals surface area (Å²) < 4.78 is 22.7. The molecule has 0 aliphatic carbocycles. The summed E-state index contributed by atoms with van der Waals surface area (Å²) in [5.41, 5.74) is 1.36. The van der Waals surface area contributed by atoms with Gasteiger partial charge in [-0.1, -0.05) is 11.6 Å². The van der Waals surface area contributed by atoms with E-state index in [1.165, 1.54) is 11.8 Å². The van der Waals surface area contributed by atoms with E-state index in [0.29, 0.717) is 12.6 Å². The molecule has 0 atom stereocenters. The molecule has 0 aromatic carbocycles. The van der Waals surface area contributed by atoms with Crippen LogP contribution in [-0.2, 0) is 9.84 Å². The van der Waals surface area contributed by atoms with Gasteiger partial charge in [0.2, 0.25) is 0 Å². The normalized spacial score (nSPS) is 19.1. The van der Waals surface area contributed by atoms with Gasteiger partial charge in [-0.2, -0.15) is 0 Å². The summed E-state index contributed by atoms with van der Waals surface area (Å²) in [5, 5.41) is 3.43. The van der Waals surface area contributed by atoms with E-state index in [9.17, 15) is 8.42 Å². The predicted molar refractivity (Wildman–Crippen MR) is 85.8 cm³/mol. The van der Waals surface area contributed by atoms with Crippen LogP contribution in [0.5, 0.6) is 0 Å². The first kappa shape index (κ1) is 17.7. The Bertz CT molecular complexity index is 429. The minimum absolute atomic E-state index is 0.443. The van der Waals surface area contributed by atoms with Gasteiger partial charge in [0.05, 0.1) is 4.75 Å². The molecule has 20 heavy (non-hydrogen) atoms. The third-order valence-electron chi connectivity index (χ3n) is 4.17. The fourth-order valence-corrected chi connectivity index (χ4v) is 2.50. The molecule has 4 nitrogen and oxygen atoms in total. The van der Waals surface area contributed by atoms with Gasteiger partial charge in [-0.05, 0) is 53.6 Å². The van der Waals surface area contributed by atoms with E-state index in [2.05, 4.69) is 30.1 Å². The molecular weight excluding hydrogens is 272 g/mol. The highest BCUT2D eigenvalue weighted by atomic mass is 32.2. The maximum Gasteiger partial charge on any atom is 0.153 e. The zero-order valence-corrected chi connectivity index (χ0v) is 14.4. The number of hydrogen-bond acceptors (Lipinski definition) is 4. The van der Waals surface area contributed by atoms with Gasteiger partial charge in [0.1, 0.15) is 0 Å². The molecular formula is C15H30N2O2S. The Kier molecular flexibility index (Phi) is 6.23. The van der Waals surface area contributed by atoms with Crippen LogP contribution in [0.3, 0.4) is 0 Å². The first-order valence-electron chi connectivity index (χ1n) is 7.40. The SMILES string of the molecule is CC(C)=CCN1CCC(NCC(C)(C)S(C)(=O)=O)CC1. The lowest BCUT2D eigenvalue weighted by Gasteiger charge is -2.34. The summed E-state index contributed by atoms with van der Waals surface area (Å²) in [5.74, 6) is 0. The van der Waals surface area contributed by atoms with Crippen molar-refractivity contribution in [1.82, 2.24) is 10.2 Å². The Morgan fingerprint density at radius 1 is 1.30 bits per heavy atom. The predicted octanol–water partition coefficient (Wildman–Crippen LogP) is 1.83. The van der Waals surface area contributed by atoms with Crippen molar-refractivity contribution in [2.75, 3.05) is 32.4 Å². The summed E-state index contributed by atoms with van der Waals surface area (Å²) in [7, 11) is -3.01. The van der Waals surface area contributed by atoms with Crippen LogP contribution in [0.1, 0.15) is 40.5 Å². The summed E-state index contributed by atoms with van der Waals surface area (Å²) >= 11 is 0. The summed E-state index contributed by atoms with van der Waals surface area (Å²) in [4.78, 5) is 2.45. The van der Waals surface area contributed by atoms with Crippen LogP contribution in [0.4, 0.5) is 0 Å². The molecule has 0 unspecified atom stereocenters. The Morgan fingerprint density at radius 2 is 1.85 bits per heavy atom. The number of allylic oxidation sites excluding steroid dienone is 1. The highest BCUT2D eigenvalue weighted by Gasteiger charge is 2.31. The fraction of sp³-hybridized carbons (Fsp3) is 0.867. The fourth-order valence-electron chi connectivity index (χ4n) is 2.15. The van der Waals surface area contributed by atoms with E-state index in [1.54, 1.807) is 13.8 Å². The molecule has 0 radical (unpaired) electrons. The number of nitrogens with zero attached hydrogens (tertiary/aromatic N) is 1. The molecule has 1 N–H and O–H groups in total. The van der Waals surface area contributed by atoms with Gasteiger partial charge in [0.25, 0.3) is 0 Å². The van der Waals surface area contributed by atoms with Crippen molar-refractivity contribution in [3.63, 3.8) is 0 Å². The molecule has 1 heterocycles. The van der Waals surface area contributed by atoms with Crippen molar-refractivity contribution >= 4 is 9.84 Å². The van der Waals surface area contributed by atoms with Crippen molar-refractivity contribution in [2.45, 2.75) is 51.3 Å². The maximum atomic E-state index is 11.7. The molecule has 1 saturated heterocycles. The lowest BCUT2D eigenvalue weighted by Crippen LogP contribution is -2.49. The van der Waals surface area contributed by atoms with Crippen molar-refractivity contribution < 1.29 is 8.42 Å². The molecule has 0 spiro atoms. The highest BCUT2D eigenvalue weighted by Crippen LogP contribution is 2.16. The quantitative estimate of drug-likeness (QED) is 0.761. The van der Waals surface area contributed by atoms with Gasteiger partial charge < -0.3 is 5.32 Å². The number of piperidine rings is 1. The van der Waals surface area contributed by atoms with Crippen LogP contribution >= 0.6 is 0 Å². The largest absolute Gasteiger partial charge is 0.312 e. The van der Waals surface area contributed by atoms with Gasteiger partial charge >= 0.3 is 0 Å². The topological polar surface area (TPSA) is 49.4 Å². The molecule has 5 heteroatoms. The second-order valence-corrected chi connectivity index (χ2v) is 9.42. The van der Waals surface area contributed by atoms with Gasteiger partial charge in [-0.25, -0.2) is 8.42 Å². The monoisotopic (exact) mass is 302 g/mol. The molecule has 0 aromatic rings. The van der Waals surface area contributed by atoms with E-state index in [-0.39, 0.29) is 0 Å². The Labute approximate surface area is 124 Å². The zero-order valence-electron chi connectivity index (χ0n) is 13.6. The molecule has 1 rings (SSSR count). The van der Waals surface area contributed by atoms with E-state index >= 15 is 0 Å². The number of rotatable bonds is 6. The summed E-state index contributed by atoms with van der Waals surface area (Å²) in [6.07, 6.45) is 5.77. The minimum Gasteiger partial charge on any atom is -0.312 e. The second kappa shape index (κ2) is 7.05.